The summed E-state index contributed by atoms with van der Waals surface area (Å²) in [5.41, 5.74) is -2.52. The molecule has 1 nitrogen and oxygen atoms in total. The fourth-order valence-electron chi connectivity index (χ4n) is 3.12. The summed E-state index contributed by atoms with van der Waals surface area (Å²) in [5, 5.41) is -1.76. The van der Waals surface area contributed by atoms with Gasteiger partial charge in [-0.2, -0.15) is 0 Å². The molecule has 0 aliphatic carbocycles. The molecule has 2 rings (SSSR count). The van der Waals surface area contributed by atoms with E-state index in [-0.39, 0.29) is 24.0 Å². The topological polar surface area (TPSA) is 9.23 Å². The average Bonchev–Trinajstić information content (AvgIpc) is 2.63. The summed E-state index contributed by atoms with van der Waals surface area (Å²) in [4.78, 5) is 0. The van der Waals surface area contributed by atoms with Crippen molar-refractivity contribution < 1.29 is 31.1 Å². The number of ether oxygens (including phenoxy) is 1. The molecule has 172 valence electrons. The maximum absolute atomic E-state index is 14.0. The second kappa shape index (κ2) is 9.59. The van der Waals surface area contributed by atoms with Crippen LogP contribution in [0.1, 0.15) is 38.8 Å². The summed E-state index contributed by atoms with van der Waals surface area (Å²) in [6.45, 7) is 6.41. The fraction of sp³-hybridized carbons (Fsp3) is 0.455. The molecule has 0 saturated heterocycles. The van der Waals surface area contributed by atoms with Crippen molar-refractivity contribution in [1.82, 2.24) is 0 Å². The lowest BCUT2D eigenvalue weighted by atomic mass is 9.93. The quantitative estimate of drug-likeness (QED) is 0.219. The van der Waals surface area contributed by atoms with Gasteiger partial charge in [0.1, 0.15) is 11.6 Å². The highest BCUT2D eigenvalue weighted by Crippen LogP contribution is 2.34. The zero-order valence-electron chi connectivity index (χ0n) is 17.3. The lowest BCUT2D eigenvalue weighted by Gasteiger charge is -2.41. The minimum atomic E-state index is -1.31. The molecular formula is C22H22Cl2F6O. The predicted molar refractivity (Wildman–Crippen MR) is 109 cm³/mol. The van der Waals surface area contributed by atoms with E-state index in [9.17, 15) is 26.3 Å². The van der Waals surface area contributed by atoms with Crippen LogP contribution in [0.2, 0.25) is 0 Å². The van der Waals surface area contributed by atoms with Gasteiger partial charge in [0.15, 0.2) is 23.3 Å². The van der Waals surface area contributed by atoms with Gasteiger partial charge in [0, 0.05) is 12.1 Å². The number of halogens is 8. The lowest BCUT2D eigenvalue weighted by Crippen LogP contribution is -2.48. The van der Waals surface area contributed by atoms with Crippen LogP contribution < -0.4 is 0 Å². The van der Waals surface area contributed by atoms with Crippen LogP contribution in [-0.4, -0.2) is 22.0 Å². The Hall–Kier alpha value is -1.44. The first-order chi connectivity index (χ1) is 14.1. The molecule has 0 saturated carbocycles. The Labute approximate surface area is 187 Å². The van der Waals surface area contributed by atoms with Gasteiger partial charge in [0.2, 0.25) is 0 Å². The summed E-state index contributed by atoms with van der Waals surface area (Å²) >= 11 is 12.8. The van der Waals surface area contributed by atoms with Crippen molar-refractivity contribution in [2.75, 3.05) is 0 Å². The van der Waals surface area contributed by atoms with Crippen LogP contribution in [0.4, 0.5) is 26.3 Å². The van der Waals surface area contributed by atoms with Gasteiger partial charge in [-0.1, -0.05) is 0 Å². The molecule has 0 aromatic heterocycles. The minimum Gasteiger partial charge on any atom is -0.367 e. The van der Waals surface area contributed by atoms with E-state index in [1.807, 2.05) is 0 Å². The largest absolute Gasteiger partial charge is 0.367 e. The first kappa shape index (κ1) is 25.8. The fourth-order valence-corrected chi connectivity index (χ4v) is 3.55. The van der Waals surface area contributed by atoms with Gasteiger partial charge in [0.25, 0.3) is 0 Å². The van der Waals surface area contributed by atoms with Crippen molar-refractivity contribution in [2.45, 2.75) is 62.5 Å². The normalized spacial score (nSPS) is 14.6. The Morgan fingerprint density at radius 1 is 0.613 bits per heavy atom. The molecule has 0 fully saturated rings. The standard InChI is InChI=1S/C22H22Cl2F6O/c1-21(2,19(23)7-11-5-15(27)17(29)9-13(11)25)31-22(3,4)20(24)8-12-6-16(28)18(30)10-14(12)26/h5-6,9-10,19-20H,7-8H2,1-4H3. The van der Waals surface area contributed by atoms with Gasteiger partial charge in [-0.3, -0.25) is 0 Å². The Morgan fingerprint density at radius 2 is 0.903 bits per heavy atom. The van der Waals surface area contributed by atoms with E-state index < -0.39 is 56.9 Å². The van der Waals surface area contributed by atoms with Gasteiger partial charge in [-0.05, 0) is 63.8 Å². The third kappa shape index (κ3) is 6.30. The molecule has 0 N–H and O–H groups in total. The smallest absolute Gasteiger partial charge is 0.161 e. The summed E-state index contributed by atoms with van der Waals surface area (Å²) in [5.74, 6) is -6.90. The summed E-state index contributed by atoms with van der Waals surface area (Å²) in [7, 11) is 0. The molecule has 0 bridgehead atoms. The van der Waals surface area contributed by atoms with Gasteiger partial charge >= 0.3 is 0 Å². The van der Waals surface area contributed by atoms with E-state index in [0.29, 0.717) is 12.1 Å². The number of hydrogen-bond donors (Lipinski definition) is 0. The van der Waals surface area contributed by atoms with Gasteiger partial charge in [-0.15, -0.1) is 23.2 Å². The summed E-state index contributed by atoms with van der Waals surface area (Å²) in [6.07, 6.45) is -0.336. The van der Waals surface area contributed by atoms with Crippen LogP contribution in [-0.2, 0) is 17.6 Å². The van der Waals surface area contributed by atoms with E-state index >= 15 is 0 Å². The van der Waals surface area contributed by atoms with Crippen LogP contribution in [0.5, 0.6) is 0 Å². The van der Waals surface area contributed by atoms with Crippen LogP contribution >= 0.6 is 23.2 Å². The third-order valence-corrected chi connectivity index (χ3v) is 6.37. The van der Waals surface area contributed by atoms with Crippen LogP contribution in [0.3, 0.4) is 0 Å². The molecule has 2 atom stereocenters. The Bertz CT molecular complexity index is 873. The van der Waals surface area contributed by atoms with Crippen molar-refractivity contribution >= 4 is 23.2 Å². The zero-order chi connectivity index (χ0) is 23.7. The van der Waals surface area contributed by atoms with Crippen molar-refractivity contribution in [3.63, 3.8) is 0 Å². The number of rotatable bonds is 8. The van der Waals surface area contributed by atoms with Crippen LogP contribution in [0.25, 0.3) is 0 Å². The first-order valence-corrected chi connectivity index (χ1v) is 10.3. The highest BCUT2D eigenvalue weighted by molar-refractivity contribution is 6.22. The van der Waals surface area contributed by atoms with Crippen molar-refractivity contribution in [3.05, 3.63) is 70.3 Å². The predicted octanol–water partition coefficient (Wildman–Crippen LogP) is 7.10. The molecule has 2 aromatic rings. The molecule has 2 unspecified atom stereocenters. The Morgan fingerprint density at radius 3 is 1.23 bits per heavy atom. The molecule has 0 amide bonds. The molecule has 0 spiro atoms. The lowest BCUT2D eigenvalue weighted by molar-refractivity contribution is -0.124. The first-order valence-electron chi connectivity index (χ1n) is 9.39. The average molecular weight is 487 g/mol. The monoisotopic (exact) mass is 486 g/mol. The molecule has 0 radical (unpaired) electrons. The molecule has 0 aliphatic rings. The molecule has 0 aliphatic heterocycles. The second-order valence-corrected chi connectivity index (χ2v) is 9.42. The maximum Gasteiger partial charge on any atom is 0.161 e. The highest BCUT2D eigenvalue weighted by atomic mass is 35.5. The third-order valence-electron chi connectivity index (χ3n) is 5.01. The number of hydrogen-bond acceptors (Lipinski definition) is 1. The second-order valence-electron chi connectivity index (χ2n) is 8.37. The van der Waals surface area contributed by atoms with E-state index in [1.54, 1.807) is 27.7 Å². The van der Waals surface area contributed by atoms with E-state index in [0.717, 1.165) is 12.1 Å². The molecular weight excluding hydrogens is 465 g/mol. The molecule has 9 heteroatoms. The molecule has 0 heterocycles. The Kier molecular flexibility index (Phi) is 7.99. The zero-order valence-corrected chi connectivity index (χ0v) is 18.8. The van der Waals surface area contributed by atoms with Crippen LogP contribution in [0, 0.1) is 34.9 Å². The summed E-state index contributed by atoms with van der Waals surface area (Å²) < 4.78 is 87.2. The van der Waals surface area contributed by atoms with Crippen LogP contribution in [0.15, 0.2) is 24.3 Å². The highest BCUT2D eigenvalue weighted by Gasteiger charge is 2.39. The number of benzene rings is 2. The van der Waals surface area contributed by atoms with Gasteiger partial charge < -0.3 is 4.74 Å². The van der Waals surface area contributed by atoms with Crippen molar-refractivity contribution in [3.8, 4) is 0 Å². The van der Waals surface area contributed by atoms with Crippen molar-refractivity contribution in [1.29, 1.82) is 0 Å². The van der Waals surface area contributed by atoms with E-state index in [1.165, 1.54) is 0 Å². The van der Waals surface area contributed by atoms with E-state index in [2.05, 4.69) is 0 Å². The van der Waals surface area contributed by atoms with Gasteiger partial charge in [-0.25, -0.2) is 26.3 Å². The minimum absolute atomic E-state index is 0.125. The molecule has 31 heavy (non-hydrogen) atoms. The maximum atomic E-state index is 14.0. The SMILES string of the molecule is CC(C)(OC(C)(C)C(Cl)Cc1cc(F)c(F)cc1F)C(Cl)Cc1cc(F)c(F)cc1F. The van der Waals surface area contributed by atoms with Crippen molar-refractivity contribution in [2.24, 2.45) is 0 Å². The van der Waals surface area contributed by atoms with Gasteiger partial charge in [0.05, 0.1) is 22.0 Å². The molecule has 2 aromatic carbocycles. The number of alkyl halides is 2. The Balaban J connectivity index is 2.14. The van der Waals surface area contributed by atoms with E-state index in [4.69, 9.17) is 27.9 Å². The summed E-state index contributed by atoms with van der Waals surface area (Å²) in [6, 6.07) is 2.35.